The Kier molecular flexibility index (Phi) is 6.94. The van der Waals surface area contributed by atoms with Gasteiger partial charge < -0.3 is 10.2 Å². The van der Waals surface area contributed by atoms with Gasteiger partial charge in [-0.2, -0.15) is 26.3 Å². The second-order valence-corrected chi connectivity index (χ2v) is 7.84. The highest BCUT2D eigenvalue weighted by atomic mass is 35.5. The number of carbonyl (C=O) groups is 1. The van der Waals surface area contributed by atoms with Gasteiger partial charge in [-0.15, -0.1) is 0 Å². The summed E-state index contributed by atoms with van der Waals surface area (Å²) in [4.78, 5) is 16.2. The molecule has 1 amide bonds. The van der Waals surface area contributed by atoms with E-state index in [-0.39, 0.29) is 5.69 Å². The number of nitrogens with one attached hydrogen (secondary N) is 1. The van der Waals surface area contributed by atoms with Crippen LogP contribution in [0, 0.1) is 0 Å². The zero-order chi connectivity index (χ0) is 23.7. The molecule has 1 fully saturated rings. The van der Waals surface area contributed by atoms with Gasteiger partial charge in [0.25, 0.3) is 0 Å². The normalized spacial score (nSPS) is 16.7. The van der Waals surface area contributed by atoms with Crippen LogP contribution in [-0.2, 0) is 17.1 Å². The van der Waals surface area contributed by atoms with Gasteiger partial charge >= 0.3 is 12.4 Å². The number of carbonyl (C=O) groups excluding carboxylic acids is 1. The second-order valence-electron chi connectivity index (χ2n) is 7.43. The highest BCUT2D eigenvalue weighted by Gasteiger charge is 2.34. The molecule has 0 radical (unpaired) electrons. The Morgan fingerprint density at radius 2 is 1.62 bits per heavy atom. The summed E-state index contributed by atoms with van der Waals surface area (Å²) in [7, 11) is 0. The van der Waals surface area contributed by atoms with E-state index in [2.05, 4.69) is 5.32 Å². The Balaban J connectivity index is 1.61. The molecule has 2 aromatic rings. The fourth-order valence-corrected chi connectivity index (χ4v) is 3.70. The van der Waals surface area contributed by atoms with Gasteiger partial charge in [-0.3, -0.25) is 9.69 Å². The van der Waals surface area contributed by atoms with E-state index in [0.717, 1.165) is 24.3 Å². The Bertz CT molecular complexity index is 971. The number of benzene rings is 2. The molecule has 4 nitrogen and oxygen atoms in total. The quantitative estimate of drug-likeness (QED) is 0.586. The van der Waals surface area contributed by atoms with Gasteiger partial charge in [0, 0.05) is 37.6 Å². The summed E-state index contributed by atoms with van der Waals surface area (Å²) < 4.78 is 77.9. The Morgan fingerprint density at radius 1 is 0.969 bits per heavy atom. The zero-order valence-corrected chi connectivity index (χ0v) is 17.7. The van der Waals surface area contributed by atoms with E-state index in [0.29, 0.717) is 31.9 Å². The minimum Gasteiger partial charge on any atom is -0.369 e. The zero-order valence-electron chi connectivity index (χ0n) is 16.9. The first-order valence-corrected chi connectivity index (χ1v) is 10.1. The fraction of sp³-hybridized carbons (Fsp3) is 0.381. The molecule has 0 spiro atoms. The summed E-state index contributed by atoms with van der Waals surface area (Å²) >= 11 is 5.59. The van der Waals surface area contributed by atoms with Crippen molar-refractivity contribution in [2.45, 2.75) is 25.3 Å². The Morgan fingerprint density at radius 3 is 2.22 bits per heavy atom. The van der Waals surface area contributed by atoms with Crippen LogP contribution in [0.2, 0.25) is 5.02 Å². The maximum atomic E-state index is 13.0. The van der Waals surface area contributed by atoms with Crippen LogP contribution in [-0.4, -0.2) is 43.0 Å². The largest absolute Gasteiger partial charge is 0.417 e. The highest BCUT2D eigenvalue weighted by molar-refractivity contribution is 6.31. The van der Waals surface area contributed by atoms with Gasteiger partial charge in [-0.1, -0.05) is 17.7 Å². The molecule has 1 N–H and O–H groups in total. The predicted molar refractivity (Wildman–Crippen MR) is 110 cm³/mol. The molecular weight excluding hydrogens is 460 g/mol. The van der Waals surface area contributed by atoms with Crippen molar-refractivity contribution in [2.24, 2.45) is 0 Å². The van der Waals surface area contributed by atoms with E-state index in [9.17, 15) is 31.1 Å². The number of nitrogens with zero attached hydrogens (tertiary/aromatic N) is 2. The summed E-state index contributed by atoms with van der Waals surface area (Å²) in [5.74, 6) is -0.493. The van der Waals surface area contributed by atoms with E-state index in [1.165, 1.54) is 12.1 Å². The molecule has 0 aliphatic carbocycles. The molecule has 1 saturated heterocycles. The number of alkyl halides is 6. The van der Waals surface area contributed by atoms with E-state index in [4.69, 9.17) is 11.6 Å². The molecule has 1 unspecified atom stereocenters. The Hall–Kier alpha value is -2.46. The number of halogens is 7. The number of hydrogen-bond acceptors (Lipinski definition) is 3. The third-order valence-corrected chi connectivity index (χ3v) is 5.65. The summed E-state index contributed by atoms with van der Waals surface area (Å²) in [6.45, 7) is 3.23. The number of anilines is 2. The molecule has 0 bridgehead atoms. The van der Waals surface area contributed by atoms with Crippen LogP contribution in [0.1, 0.15) is 18.1 Å². The molecule has 11 heteroatoms. The molecular formula is C21H20ClF6N3O. The van der Waals surface area contributed by atoms with Crippen molar-refractivity contribution in [1.29, 1.82) is 0 Å². The van der Waals surface area contributed by atoms with Gasteiger partial charge in [-0.05, 0) is 43.3 Å². The monoisotopic (exact) mass is 479 g/mol. The lowest BCUT2D eigenvalue weighted by Gasteiger charge is -2.38. The van der Waals surface area contributed by atoms with Crippen LogP contribution < -0.4 is 10.2 Å². The SMILES string of the molecule is CC(C(=O)Nc1ccc(Cl)c(C(F)(F)F)c1)N1CCN(c2cccc(C(F)(F)F)c2)CC1. The summed E-state index contributed by atoms with van der Waals surface area (Å²) in [5, 5.41) is 2.00. The minimum atomic E-state index is -4.65. The van der Waals surface area contributed by atoms with Crippen molar-refractivity contribution in [2.75, 3.05) is 36.4 Å². The van der Waals surface area contributed by atoms with Crippen LogP contribution in [0.5, 0.6) is 0 Å². The van der Waals surface area contributed by atoms with E-state index < -0.39 is 40.5 Å². The third-order valence-electron chi connectivity index (χ3n) is 5.32. The average molecular weight is 480 g/mol. The third kappa shape index (κ3) is 5.66. The molecule has 0 saturated carbocycles. The van der Waals surface area contributed by atoms with Gasteiger partial charge in [-0.25, -0.2) is 0 Å². The molecule has 32 heavy (non-hydrogen) atoms. The molecule has 174 valence electrons. The lowest BCUT2D eigenvalue weighted by atomic mass is 10.1. The topological polar surface area (TPSA) is 35.6 Å². The first kappa shape index (κ1) is 24.2. The van der Waals surface area contributed by atoms with Crippen LogP contribution in [0.3, 0.4) is 0 Å². The predicted octanol–water partition coefficient (Wildman–Crippen LogP) is 5.53. The first-order valence-electron chi connectivity index (χ1n) is 9.70. The van der Waals surface area contributed by atoms with Crippen molar-refractivity contribution in [3.63, 3.8) is 0 Å². The number of amides is 1. The molecule has 3 rings (SSSR count). The number of hydrogen-bond donors (Lipinski definition) is 1. The lowest BCUT2D eigenvalue weighted by molar-refractivity contribution is -0.138. The molecule has 1 heterocycles. The first-order chi connectivity index (χ1) is 14.9. The Labute approximate surface area is 185 Å². The van der Waals surface area contributed by atoms with Gasteiger partial charge in [0.2, 0.25) is 5.91 Å². The summed E-state index contributed by atoms with van der Waals surface area (Å²) in [6.07, 6.45) is -9.08. The molecule has 1 aliphatic heterocycles. The smallest absolute Gasteiger partial charge is 0.369 e. The van der Waals surface area contributed by atoms with E-state index in [1.807, 2.05) is 4.90 Å². The van der Waals surface area contributed by atoms with Crippen molar-refractivity contribution in [3.05, 3.63) is 58.6 Å². The van der Waals surface area contributed by atoms with Gasteiger partial charge in [0.05, 0.1) is 22.2 Å². The maximum Gasteiger partial charge on any atom is 0.417 e. The summed E-state index contributed by atoms with van der Waals surface area (Å²) in [5.41, 5.74) is -1.36. The fourth-order valence-electron chi connectivity index (χ4n) is 3.48. The highest BCUT2D eigenvalue weighted by Crippen LogP contribution is 2.36. The maximum absolute atomic E-state index is 13.0. The number of piperazine rings is 1. The minimum absolute atomic E-state index is 0.0267. The van der Waals surface area contributed by atoms with Crippen LogP contribution >= 0.6 is 11.6 Å². The van der Waals surface area contributed by atoms with Crippen LogP contribution in [0.15, 0.2) is 42.5 Å². The van der Waals surface area contributed by atoms with E-state index in [1.54, 1.807) is 17.9 Å². The molecule has 1 atom stereocenters. The summed E-state index contributed by atoms with van der Waals surface area (Å²) in [6, 6.07) is 7.52. The molecule has 2 aromatic carbocycles. The standard InChI is InChI=1S/C21H20ClF6N3O/c1-13(19(32)29-15-5-6-18(22)17(12-15)21(26,27)28)30-7-9-31(10-8-30)16-4-2-3-14(11-16)20(23,24)25/h2-6,11-13H,7-10H2,1H3,(H,29,32). The molecule has 1 aliphatic rings. The van der Waals surface area contributed by atoms with Crippen molar-refractivity contribution < 1.29 is 31.1 Å². The van der Waals surface area contributed by atoms with Gasteiger partial charge in [0.15, 0.2) is 0 Å². The lowest BCUT2D eigenvalue weighted by Crippen LogP contribution is -2.52. The van der Waals surface area contributed by atoms with Gasteiger partial charge in [0.1, 0.15) is 0 Å². The average Bonchev–Trinajstić information content (AvgIpc) is 2.73. The van der Waals surface area contributed by atoms with Crippen molar-refractivity contribution in [1.82, 2.24) is 4.90 Å². The van der Waals surface area contributed by atoms with Crippen molar-refractivity contribution in [3.8, 4) is 0 Å². The molecule has 0 aromatic heterocycles. The second kappa shape index (κ2) is 9.19. The number of rotatable bonds is 4. The van der Waals surface area contributed by atoms with Crippen LogP contribution in [0.25, 0.3) is 0 Å². The van der Waals surface area contributed by atoms with Crippen LogP contribution in [0.4, 0.5) is 37.7 Å². The van der Waals surface area contributed by atoms with E-state index >= 15 is 0 Å². The van der Waals surface area contributed by atoms with Crippen molar-refractivity contribution >= 4 is 28.9 Å².